The van der Waals surface area contributed by atoms with Gasteiger partial charge in [0.2, 0.25) is 0 Å². The number of benzene rings is 1. The van der Waals surface area contributed by atoms with E-state index in [1.807, 2.05) is 13.8 Å². The summed E-state index contributed by atoms with van der Waals surface area (Å²) in [5.41, 5.74) is -0.784. The third kappa shape index (κ3) is 5.20. The van der Waals surface area contributed by atoms with Crippen molar-refractivity contribution in [1.82, 2.24) is 9.55 Å². The quantitative estimate of drug-likeness (QED) is 0.614. The summed E-state index contributed by atoms with van der Waals surface area (Å²) in [6.07, 6.45) is -3.24. The molecule has 0 amide bonds. The van der Waals surface area contributed by atoms with Gasteiger partial charge in [0.05, 0.1) is 16.8 Å². The molecule has 28 heavy (non-hydrogen) atoms. The molecule has 0 saturated heterocycles. The van der Waals surface area contributed by atoms with Crippen LogP contribution in [0.5, 0.6) is 0 Å². The first-order chi connectivity index (χ1) is 12.9. The van der Waals surface area contributed by atoms with Crippen molar-refractivity contribution >= 4 is 17.8 Å². The maximum Gasteiger partial charge on any atom is 0.394 e. The number of aromatic nitrogens is 2. The van der Waals surface area contributed by atoms with E-state index in [-0.39, 0.29) is 23.8 Å². The zero-order valence-electron chi connectivity index (χ0n) is 16.0. The van der Waals surface area contributed by atoms with Crippen LogP contribution < -0.4 is 0 Å². The van der Waals surface area contributed by atoms with Gasteiger partial charge in [0.15, 0.2) is 0 Å². The Balaban J connectivity index is 0.00000122. The van der Waals surface area contributed by atoms with E-state index in [0.29, 0.717) is 29.5 Å². The first-order valence-corrected chi connectivity index (χ1v) is 8.92. The Hall–Kier alpha value is -2.18. The van der Waals surface area contributed by atoms with E-state index in [4.69, 9.17) is 21.2 Å². The molecule has 2 aromatic rings. The number of rotatable bonds is 5. The van der Waals surface area contributed by atoms with Crippen LogP contribution in [-0.2, 0) is 28.9 Å². The summed E-state index contributed by atoms with van der Waals surface area (Å²) in [4.78, 5) is 20.6. The summed E-state index contributed by atoms with van der Waals surface area (Å²) in [5, 5.41) is 0.335. The van der Waals surface area contributed by atoms with Crippen LogP contribution in [0.3, 0.4) is 0 Å². The van der Waals surface area contributed by atoms with Crippen LogP contribution in [0.1, 0.15) is 44.8 Å². The Bertz CT molecular complexity index is 854. The molecule has 1 aromatic heterocycles. The standard InChI is InChI=1S/C18H21ClF4N2.CO2/c1-5-13-16(19)25(15(6-2)24-13)14-8-7-11(9-12(14)20)10-17(3,4)18(21,22)23;2-1-3/h7-9H,5-6,10H2,1-4H3;. The Morgan fingerprint density at radius 2 is 1.71 bits per heavy atom. The first-order valence-electron chi connectivity index (χ1n) is 8.54. The predicted octanol–water partition coefficient (Wildman–Crippen LogP) is 5.34. The molecule has 0 N–H and O–H groups in total. The lowest BCUT2D eigenvalue weighted by Gasteiger charge is -2.27. The topological polar surface area (TPSA) is 52.0 Å². The van der Waals surface area contributed by atoms with Gasteiger partial charge in [-0.3, -0.25) is 4.57 Å². The lowest BCUT2D eigenvalue weighted by Crippen LogP contribution is -2.34. The minimum Gasteiger partial charge on any atom is -0.284 e. The molecule has 0 aliphatic heterocycles. The molecule has 0 radical (unpaired) electrons. The fourth-order valence-electron chi connectivity index (χ4n) is 2.65. The highest BCUT2D eigenvalue weighted by Crippen LogP contribution is 2.40. The Kier molecular flexibility index (Phi) is 7.96. The lowest BCUT2D eigenvalue weighted by atomic mass is 9.85. The average Bonchev–Trinajstić information content (AvgIpc) is 2.90. The van der Waals surface area contributed by atoms with Crippen molar-refractivity contribution in [1.29, 1.82) is 0 Å². The second-order valence-corrected chi connectivity index (χ2v) is 7.09. The maximum atomic E-state index is 14.6. The van der Waals surface area contributed by atoms with E-state index < -0.39 is 17.4 Å². The maximum absolute atomic E-state index is 14.6. The number of halogens is 5. The summed E-state index contributed by atoms with van der Waals surface area (Å²) in [5.74, 6) is -0.00347. The molecular weight excluding hydrogens is 400 g/mol. The highest BCUT2D eigenvalue weighted by Gasteiger charge is 2.47. The lowest BCUT2D eigenvalue weighted by molar-refractivity contribution is -0.211. The normalized spacial score (nSPS) is 11.6. The SMILES string of the molecule is CCc1nc(CC)n(-c2ccc(CC(C)(C)C(F)(F)F)cc2F)c1Cl.O=C=O. The van der Waals surface area contributed by atoms with Crippen LogP contribution in [0.15, 0.2) is 18.2 Å². The van der Waals surface area contributed by atoms with Crippen molar-refractivity contribution in [3.63, 3.8) is 0 Å². The summed E-state index contributed by atoms with van der Waals surface area (Å²) in [6, 6.07) is 4.11. The number of aryl methyl sites for hydroxylation is 2. The van der Waals surface area contributed by atoms with Gasteiger partial charge in [0, 0.05) is 6.42 Å². The molecule has 4 nitrogen and oxygen atoms in total. The Labute approximate surface area is 165 Å². The Morgan fingerprint density at radius 3 is 2.14 bits per heavy atom. The summed E-state index contributed by atoms with van der Waals surface area (Å²) in [7, 11) is 0. The molecular formula is C19H21ClF4N2O2. The van der Waals surface area contributed by atoms with Crippen molar-refractivity contribution in [2.24, 2.45) is 5.41 Å². The van der Waals surface area contributed by atoms with E-state index >= 15 is 0 Å². The molecule has 0 atom stereocenters. The number of carbonyl (C=O) groups excluding carboxylic acids is 2. The summed E-state index contributed by atoms with van der Waals surface area (Å²) >= 11 is 6.31. The largest absolute Gasteiger partial charge is 0.394 e. The predicted molar refractivity (Wildman–Crippen MR) is 95.8 cm³/mol. The van der Waals surface area contributed by atoms with E-state index in [9.17, 15) is 17.6 Å². The number of imidazole rings is 1. The zero-order chi connectivity index (χ0) is 21.7. The van der Waals surface area contributed by atoms with Crippen LogP contribution in [0, 0.1) is 11.2 Å². The van der Waals surface area contributed by atoms with Gasteiger partial charge in [-0.1, -0.05) is 45.4 Å². The molecule has 9 heteroatoms. The fourth-order valence-corrected chi connectivity index (χ4v) is 3.02. The monoisotopic (exact) mass is 420 g/mol. The zero-order valence-corrected chi connectivity index (χ0v) is 16.7. The average molecular weight is 421 g/mol. The van der Waals surface area contributed by atoms with Crippen LogP contribution >= 0.6 is 11.6 Å². The second kappa shape index (κ2) is 9.34. The summed E-state index contributed by atoms with van der Waals surface area (Å²) in [6.45, 7) is 5.99. The molecule has 2 rings (SSSR count). The van der Waals surface area contributed by atoms with Crippen LogP contribution in [-0.4, -0.2) is 21.9 Å². The Morgan fingerprint density at radius 1 is 1.14 bits per heavy atom. The fraction of sp³-hybridized carbons (Fsp3) is 0.474. The van der Waals surface area contributed by atoms with E-state index in [0.717, 1.165) is 19.9 Å². The minimum absolute atomic E-state index is 0.197. The van der Waals surface area contributed by atoms with Crippen LogP contribution in [0.25, 0.3) is 5.69 Å². The highest BCUT2D eigenvalue weighted by atomic mass is 35.5. The third-order valence-electron chi connectivity index (χ3n) is 4.27. The molecule has 0 unspecified atom stereocenters. The molecule has 0 fully saturated rings. The van der Waals surface area contributed by atoms with Crippen molar-refractivity contribution in [3.8, 4) is 5.69 Å². The number of nitrogens with zero attached hydrogens (tertiary/aromatic N) is 2. The molecule has 154 valence electrons. The van der Waals surface area contributed by atoms with Crippen molar-refractivity contribution in [2.75, 3.05) is 0 Å². The smallest absolute Gasteiger partial charge is 0.284 e. The van der Waals surface area contributed by atoms with Crippen molar-refractivity contribution < 1.29 is 27.2 Å². The number of hydrogen-bond donors (Lipinski definition) is 0. The van der Waals surface area contributed by atoms with Gasteiger partial charge < -0.3 is 0 Å². The van der Waals surface area contributed by atoms with Gasteiger partial charge in [0.1, 0.15) is 16.8 Å². The van der Waals surface area contributed by atoms with E-state index in [2.05, 4.69) is 4.98 Å². The van der Waals surface area contributed by atoms with Gasteiger partial charge in [-0.05, 0) is 30.5 Å². The van der Waals surface area contributed by atoms with Crippen LogP contribution in [0.4, 0.5) is 17.6 Å². The van der Waals surface area contributed by atoms with E-state index in [1.54, 1.807) is 0 Å². The van der Waals surface area contributed by atoms with Gasteiger partial charge in [-0.2, -0.15) is 22.8 Å². The molecule has 0 spiro atoms. The van der Waals surface area contributed by atoms with Gasteiger partial charge >= 0.3 is 12.3 Å². The third-order valence-corrected chi connectivity index (χ3v) is 4.66. The second-order valence-electron chi connectivity index (χ2n) is 6.74. The van der Waals surface area contributed by atoms with Crippen molar-refractivity contribution in [2.45, 2.75) is 53.1 Å². The molecule has 0 aliphatic carbocycles. The summed E-state index contributed by atoms with van der Waals surface area (Å²) < 4.78 is 55.3. The number of alkyl halides is 3. The van der Waals surface area contributed by atoms with Gasteiger partial charge in [0.25, 0.3) is 0 Å². The van der Waals surface area contributed by atoms with Crippen LogP contribution in [0.2, 0.25) is 5.15 Å². The minimum atomic E-state index is -4.36. The van der Waals surface area contributed by atoms with E-state index in [1.165, 1.54) is 16.7 Å². The molecule has 1 heterocycles. The number of hydrogen-bond acceptors (Lipinski definition) is 3. The molecule has 0 bridgehead atoms. The first kappa shape index (κ1) is 23.9. The molecule has 0 aliphatic rings. The molecule has 1 aromatic carbocycles. The van der Waals surface area contributed by atoms with Gasteiger partial charge in [-0.15, -0.1) is 0 Å². The van der Waals surface area contributed by atoms with Gasteiger partial charge in [-0.25, -0.2) is 9.37 Å². The molecule has 0 saturated carbocycles. The van der Waals surface area contributed by atoms with Crippen molar-refractivity contribution in [3.05, 3.63) is 46.3 Å². The highest BCUT2D eigenvalue weighted by molar-refractivity contribution is 6.30.